The van der Waals surface area contributed by atoms with Crippen LogP contribution in [0.2, 0.25) is 0 Å². The summed E-state index contributed by atoms with van der Waals surface area (Å²) in [5.74, 6) is -0.0139. The zero-order valence-electron chi connectivity index (χ0n) is 17.0. The molecule has 1 heterocycles. The summed E-state index contributed by atoms with van der Waals surface area (Å²) < 4.78 is 0. The van der Waals surface area contributed by atoms with Gasteiger partial charge in [0.1, 0.15) is 0 Å². The molecule has 0 saturated carbocycles. The van der Waals surface area contributed by atoms with Gasteiger partial charge in [-0.2, -0.15) is 0 Å². The molecule has 1 aliphatic rings. The van der Waals surface area contributed by atoms with Gasteiger partial charge in [-0.15, -0.1) is 0 Å². The molecule has 5 heteroatoms. The van der Waals surface area contributed by atoms with Crippen LogP contribution in [0.4, 0.5) is 21.9 Å². The Morgan fingerprint density at radius 2 is 1.43 bits per heavy atom. The lowest BCUT2D eigenvalue weighted by Crippen LogP contribution is -2.31. The second-order valence-electron chi connectivity index (χ2n) is 7.57. The molecule has 2 N–H and O–H groups in total. The molecule has 0 bridgehead atoms. The lowest BCUT2D eigenvalue weighted by atomic mass is 10.1. The average molecular weight is 399 g/mol. The molecule has 152 valence electrons. The molecule has 0 unspecified atom stereocenters. The molecule has 30 heavy (non-hydrogen) atoms. The monoisotopic (exact) mass is 399 g/mol. The van der Waals surface area contributed by atoms with Crippen molar-refractivity contribution in [3.63, 3.8) is 0 Å². The number of carbonyl (C=O) groups excluding carboxylic acids is 2. The second kappa shape index (κ2) is 8.82. The van der Waals surface area contributed by atoms with E-state index in [1.165, 1.54) is 5.56 Å². The largest absolute Gasteiger partial charge is 0.323 e. The number of hydrogen-bond acceptors (Lipinski definition) is 2. The van der Waals surface area contributed by atoms with Crippen LogP contribution in [-0.4, -0.2) is 18.5 Å². The number of nitrogens with zero attached hydrogens (tertiary/aromatic N) is 1. The van der Waals surface area contributed by atoms with Crippen molar-refractivity contribution in [1.82, 2.24) is 0 Å². The predicted octanol–water partition coefficient (Wildman–Crippen LogP) is 5.62. The van der Waals surface area contributed by atoms with Gasteiger partial charge in [-0.3, -0.25) is 4.79 Å². The second-order valence-corrected chi connectivity index (χ2v) is 7.57. The summed E-state index contributed by atoms with van der Waals surface area (Å²) in [5.41, 5.74) is 5.32. The van der Waals surface area contributed by atoms with Gasteiger partial charge in [-0.25, -0.2) is 4.79 Å². The lowest BCUT2D eigenvalue weighted by molar-refractivity contribution is 0.0987. The maximum absolute atomic E-state index is 13.1. The van der Waals surface area contributed by atoms with Gasteiger partial charge in [0.15, 0.2) is 0 Å². The number of amides is 3. The molecule has 0 saturated heterocycles. The summed E-state index contributed by atoms with van der Waals surface area (Å²) in [5, 5.41) is 5.60. The number of urea groups is 1. The first-order chi connectivity index (χ1) is 14.6. The highest BCUT2D eigenvalue weighted by Crippen LogP contribution is 2.27. The normalized spacial score (nSPS) is 13.2. The van der Waals surface area contributed by atoms with Crippen LogP contribution in [0, 0.1) is 6.92 Å². The maximum Gasteiger partial charge on any atom is 0.323 e. The smallest absolute Gasteiger partial charge is 0.308 e. The Labute approximate surface area is 176 Å². The first kappa shape index (κ1) is 19.7. The van der Waals surface area contributed by atoms with Crippen molar-refractivity contribution in [3.05, 3.63) is 89.5 Å². The van der Waals surface area contributed by atoms with Crippen molar-refractivity contribution in [2.45, 2.75) is 26.2 Å². The third-order valence-corrected chi connectivity index (χ3v) is 5.30. The molecule has 3 aromatic rings. The van der Waals surface area contributed by atoms with E-state index in [-0.39, 0.29) is 11.9 Å². The Morgan fingerprint density at radius 1 is 0.800 bits per heavy atom. The zero-order chi connectivity index (χ0) is 20.9. The van der Waals surface area contributed by atoms with Crippen molar-refractivity contribution >= 4 is 29.0 Å². The summed E-state index contributed by atoms with van der Waals surface area (Å²) in [4.78, 5) is 27.2. The van der Waals surface area contributed by atoms with E-state index in [9.17, 15) is 9.59 Å². The quantitative estimate of drug-likeness (QED) is 0.600. The average Bonchev–Trinajstić information content (AvgIpc) is 2.98. The van der Waals surface area contributed by atoms with Gasteiger partial charge in [0.2, 0.25) is 0 Å². The number of carbonyl (C=O) groups is 2. The number of hydrogen-bond donors (Lipinski definition) is 2. The number of anilines is 3. The van der Waals surface area contributed by atoms with E-state index in [4.69, 9.17) is 0 Å². The van der Waals surface area contributed by atoms with Crippen molar-refractivity contribution in [2.24, 2.45) is 0 Å². The first-order valence-electron chi connectivity index (χ1n) is 10.2. The minimum atomic E-state index is -0.320. The molecule has 3 aromatic carbocycles. The topological polar surface area (TPSA) is 61.4 Å². The molecular formula is C25H25N3O2. The highest BCUT2D eigenvalue weighted by atomic mass is 16.2. The van der Waals surface area contributed by atoms with Crippen molar-refractivity contribution in [1.29, 1.82) is 0 Å². The molecule has 4 rings (SSSR count). The van der Waals surface area contributed by atoms with Gasteiger partial charge in [-0.05, 0) is 74.2 Å². The minimum absolute atomic E-state index is 0.0139. The molecule has 0 aliphatic carbocycles. The van der Waals surface area contributed by atoms with Crippen LogP contribution in [0.3, 0.4) is 0 Å². The summed E-state index contributed by atoms with van der Waals surface area (Å²) in [6.45, 7) is 2.71. The number of para-hydroxylation sites is 1. The summed E-state index contributed by atoms with van der Waals surface area (Å²) in [6.07, 6.45) is 3.07. The summed E-state index contributed by atoms with van der Waals surface area (Å²) in [6, 6.07) is 22.4. The Bertz CT molecular complexity index is 1040. The fourth-order valence-electron chi connectivity index (χ4n) is 3.68. The molecule has 5 nitrogen and oxygen atoms in total. The third kappa shape index (κ3) is 4.51. The molecule has 0 fully saturated rings. The SMILES string of the molecule is Cc1ccc(NC(=O)Nc2ccc(C(=O)N3CCCCc4ccccc43)cc2)cc1. The Balaban J connectivity index is 1.43. The maximum atomic E-state index is 13.1. The highest BCUT2D eigenvalue weighted by molar-refractivity contribution is 6.07. The van der Waals surface area contributed by atoms with Crippen molar-refractivity contribution in [3.8, 4) is 0 Å². The summed E-state index contributed by atoms with van der Waals surface area (Å²) >= 11 is 0. The van der Waals surface area contributed by atoms with Gasteiger partial charge in [-0.1, -0.05) is 35.9 Å². The molecule has 0 atom stereocenters. The standard InChI is InChI=1S/C25H25N3O2/c1-18-9-13-21(14-10-18)26-25(30)27-22-15-11-20(12-16-22)24(29)28-17-5-4-7-19-6-2-3-8-23(19)28/h2-3,6,8-16H,4-5,7,17H2,1H3,(H2,26,27,30). The van der Waals surface area contributed by atoms with Crippen LogP contribution in [-0.2, 0) is 6.42 Å². The predicted molar refractivity (Wildman–Crippen MR) is 121 cm³/mol. The number of benzene rings is 3. The van der Waals surface area contributed by atoms with E-state index >= 15 is 0 Å². The van der Waals surface area contributed by atoms with Gasteiger partial charge in [0, 0.05) is 29.2 Å². The fourth-order valence-corrected chi connectivity index (χ4v) is 3.68. The lowest BCUT2D eigenvalue weighted by Gasteiger charge is -2.23. The van der Waals surface area contributed by atoms with Gasteiger partial charge in [0.05, 0.1) is 0 Å². The fraction of sp³-hybridized carbons (Fsp3) is 0.200. The van der Waals surface area contributed by atoms with Gasteiger partial charge >= 0.3 is 6.03 Å². The van der Waals surface area contributed by atoms with E-state index in [1.54, 1.807) is 24.3 Å². The van der Waals surface area contributed by atoms with Crippen LogP contribution in [0.1, 0.15) is 34.3 Å². The molecule has 0 aromatic heterocycles. The van der Waals surface area contributed by atoms with E-state index in [2.05, 4.69) is 16.7 Å². The molecular weight excluding hydrogens is 374 g/mol. The van der Waals surface area contributed by atoms with Crippen LogP contribution in [0.25, 0.3) is 0 Å². The van der Waals surface area contributed by atoms with Crippen molar-refractivity contribution < 1.29 is 9.59 Å². The molecule has 0 spiro atoms. The molecule has 0 radical (unpaired) electrons. The van der Waals surface area contributed by atoms with Crippen molar-refractivity contribution in [2.75, 3.05) is 22.1 Å². The Kier molecular flexibility index (Phi) is 5.80. The van der Waals surface area contributed by atoms with Gasteiger partial charge in [0.25, 0.3) is 5.91 Å². The van der Waals surface area contributed by atoms with Crippen LogP contribution in [0.5, 0.6) is 0 Å². The number of fused-ring (bicyclic) bond motifs is 1. The van der Waals surface area contributed by atoms with Crippen LogP contribution >= 0.6 is 0 Å². The van der Waals surface area contributed by atoms with E-state index in [0.29, 0.717) is 11.3 Å². The Morgan fingerprint density at radius 3 is 2.13 bits per heavy atom. The molecule has 3 amide bonds. The third-order valence-electron chi connectivity index (χ3n) is 5.30. The van der Waals surface area contributed by atoms with Gasteiger partial charge < -0.3 is 15.5 Å². The van der Waals surface area contributed by atoms with E-state index in [0.717, 1.165) is 42.7 Å². The number of rotatable bonds is 3. The number of nitrogens with one attached hydrogen (secondary N) is 2. The Hall–Kier alpha value is -3.60. The summed E-state index contributed by atoms with van der Waals surface area (Å²) in [7, 11) is 0. The van der Waals surface area contributed by atoms with E-state index < -0.39 is 0 Å². The van der Waals surface area contributed by atoms with Crippen LogP contribution < -0.4 is 15.5 Å². The first-order valence-corrected chi connectivity index (χ1v) is 10.2. The van der Waals surface area contributed by atoms with E-state index in [1.807, 2.05) is 54.3 Å². The number of aryl methyl sites for hydroxylation is 2. The zero-order valence-corrected chi connectivity index (χ0v) is 17.0. The van der Waals surface area contributed by atoms with Crippen LogP contribution in [0.15, 0.2) is 72.8 Å². The highest BCUT2D eigenvalue weighted by Gasteiger charge is 2.22. The molecule has 1 aliphatic heterocycles. The minimum Gasteiger partial charge on any atom is -0.308 e.